The monoisotopic (exact) mass is 466 g/mol. The third-order valence-electron chi connectivity index (χ3n) is 11.3. The first-order chi connectivity index (χ1) is 15.4. The molecule has 0 bridgehead atoms. The molecule has 0 aliphatic heterocycles. The number of carboxylic acid groups (broad SMARTS) is 1. The van der Waals surface area contributed by atoms with Crippen LogP contribution in [0.25, 0.3) is 0 Å². The lowest BCUT2D eigenvalue weighted by Gasteiger charge is -2.64. The van der Waals surface area contributed by atoms with Crippen LogP contribution >= 0.6 is 0 Å². The Labute approximate surface area is 198 Å². The lowest BCUT2D eigenvalue weighted by atomic mass is 9.42. The SMILES string of the molecule is CC(CCC[C@@H](C)[C@H]1CC[C@H]2[C@@H]3[C@H](O)[C@@H](O)[C@@H]4C[C@H](O)CC[C@]4(C)[C@H]3C[C@H](O)[C@]12C)C(=O)O. The summed E-state index contributed by atoms with van der Waals surface area (Å²) in [5.41, 5.74) is -0.460. The Bertz CT molecular complexity index is 727. The van der Waals surface area contributed by atoms with E-state index < -0.39 is 30.4 Å². The Hall–Kier alpha value is -0.690. The van der Waals surface area contributed by atoms with Crippen LogP contribution in [-0.4, -0.2) is 55.9 Å². The Morgan fingerprint density at radius 1 is 0.909 bits per heavy atom. The van der Waals surface area contributed by atoms with Crippen LogP contribution in [0.2, 0.25) is 0 Å². The van der Waals surface area contributed by atoms with Crippen LogP contribution in [0.1, 0.15) is 85.5 Å². The average molecular weight is 467 g/mol. The van der Waals surface area contributed by atoms with E-state index in [1.165, 1.54) is 0 Å². The normalized spacial score (nSPS) is 51.2. The molecule has 190 valence electrons. The minimum Gasteiger partial charge on any atom is -0.481 e. The molecule has 4 saturated carbocycles. The molecule has 0 spiro atoms. The smallest absolute Gasteiger partial charge is 0.306 e. The van der Waals surface area contributed by atoms with Gasteiger partial charge in [-0.1, -0.05) is 40.5 Å². The van der Waals surface area contributed by atoms with Gasteiger partial charge in [0.15, 0.2) is 0 Å². The van der Waals surface area contributed by atoms with Crippen molar-refractivity contribution in [2.75, 3.05) is 0 Å². The zero-order chi connectivity index (χ0) is 24.3. The highest BCUT2D eigenvalue weighted by atomic mass is 16.4. The molecule has 0 aromatic heterocycles. The van der Waals surface area contributed by atoms with E-state index in [-0.39, 0.29) is 40.4 Å². The molecule has 6 nitrogen and oxygen atoms in total. The van der Waals surface area contributed by atoms with Gasteiger partial charge >= 0.3 is 5.97 Å². The largest absolute Gasteiger partial charge is 0.481 e. The Morgan fingerprint density at radius 3 is 2.27 bits per heavy atom. The van der Waals surface area contributed by atoms with Gasteiger partial charge in [0.25, 0.3) is 0 Å². The van der Waals surface area contributed by atoms with Gasteiger partial charge in [-0.25, -0.2) is 0 Å². The molecular formula is C27H46O6. The molecule has 4 rings (SSSR count). The molecule has 6 heteroatoms. The molecule has 4 fully saturated rings. The number of aliphatic carboxylic acids is 1. The minimum atomic E-state index is -0.820. The Balaban J connectivity index is 1.54. The Kier molecular flexibility index (Phi) is 6.98. The van der Waals surface area contributed by atoms with Crippen molar-refractivity contribution in [2.45, 2.75) is 110 Å². The first-order valence-corrected chi connectivity index (χ1v) is 13.4. The average Bonchev–Trinajstić information content (AvgIpc) is 3.12. The number of aliphatic hydroxyl groups is 4. The van der Waals surface area contributed by atoms with E-state index in [0.717, 1.165) is 38.5 Å². The molecule has 0 radical (unpaired) electrons. The molecule has 1 unspecified atom stereocenters. The maximum absolute atomic E-state index is 11.6. The number of aliphatic hydroxyl groups excluding tert-OH is 4. The lowest BCUT2D eigenvalue weighted by Crippen LogP contribution is -2.66. The molecule has 0 aromatic rings. The second kappa shape index (κ2) is 9.07. The number of carbonyl (C=O) groups is 1. The van der Waals surface area contributed by atoms with Gasteiger partial charge in [-0.15, -0.1) is 0 Å². The van der Waals surface area contributed by atoms with Crippen molar-refractivity contribution < 1.29 is 30.3 Å². The number of hydrogen-bond acceptors (Lipinski definition) is 5. The van der Waals surface area contributed by atoms with Crippen LogP contribution in [0, 0.1) is 52.3 Å². The lowest BCUT2D eigenvalue weighted by molar-refractivity contribution is -0.243. The number of fused-ring (bicyclic) bond motifs is 5. The van der Waals surface area contributed by atoms with Crippen LogP contribution in [0.5, 0.6) is 0 Å². The molecule has 0 heterocycles. The summed E-state index contributed by atoms with van der Waals surface area (Å²) >= 11 is 0. The van der Waals surface area contributed by atoms with Crippen LogP contribution in [-0.2, 0) is 4.79 Å². The first-order valence-electron chi connectivity index (χ1n) is 13.4. The van der Waals surface area contributed by atoms with Gasteiger partial charge in [-0.05, 0) is 91.3 Å². The third-order valence-corrected chi connectivity index (χ3v) is 11.3. The zero-order valence-corrected chi connectivity index (χ0v) is 20.9. The second-order valence-corrected chi connectivity index (χ2v) is 12.8. The summed E-state index contributed by atoms with van der Waals surface area (Å²) in [7, 11) is 0. The summed E-state index contributed by atoms with van der Waals surface area (Å²) in [6.07, 6.45) is 4.74. The molecular weight excluding hydrogens is 420 g/mol. The second-order valence-electron chi connectivity index (χ2n) is 12.8. The van der Waals surface area contributed by atoms with Gasteiger partial charge in [-0.2, -0.15) is 0 Å². The number of rotatable bonds is 6. The molecule has 5 N–H and O–H groups in total. The van der Waals surface area contributed by atoms with Crippen LogP contribution < -0.4 is 0 Å². The summed E-state index contributed by atoms with van der Waals surface area (Å²) in [6.45, 7) is 8.45. The predicted molar refractivity (Wildman–Crippen MR) is 125 cm³/mol. The highest BCUT2D eigenvalue weighted by Crippen LogP contribution is 2.68. The van der Waals surface area contributed by atoms with Crippen molar-refractivity contribution in [3.8, 4) is 0 Å². The van der Waals surface area contributed by atoms with Crippen molar-refractivity contribution in [1.29, 1.82) is 0 Å². The van der Waals surface area contributed by atoms with Crippen molar-refractivity contribution in [3.63, 3.8) is 0 Å². The maximum Gasteiger partial charge on any atom is 0.306 e. The zero-order valence-electron chi connectivity index (χ0n) is 20.9. The van der Waals surface area contributed by atoms with Crippen molar-refractivity contribution in [1.82, 2.24) is 0 Å². The van der Waals surface area contributed by atoms with Crippen LogP contribution in [0.4, 0.5) is 0 Å². The van der Waals surface area contributed by atoms with Gasteiger partial charge < -0.3 is 25.5 Å². The molecule has 0 amide bonds. The van der Waals surface area contributed by atoms with Gasteiger partial charge in [0.05, 0.1) is 30.3 Å². The minimum absolute atomic E-state index is 0.0193. The molecule has 0 saturated heterocycles. The van der Waals surface area contributed by atoms with Gasteiger partial charge in [0.2, 0.25) is 0 Å². The van der Waals surface area contributed by atoms with Gasteiger partial charge in [0, 0.05) is 0 Å². The summed E-state index contributed by atoms with van der Waals surface area (Å²) in [4.78, 5) is 11.2. The summed E-state index contributed by atoms with van der Waals surface area (Å²) in [6, 6.07) is 0. The topological polar surface area (TPSA) is 118 Å². The van der Waals surface area contributed by atoms with E-state index in [4.69, 9.17) is 0 Å². The van der Waals surface area contributed by atoms with Gasteiger partial charge in [-0.3, -0.25) is 4.79 Å². The van der Waals surface area contributed by atoms with E-state index in [1.807, 2.05) is 0 Å². The van der Waals surface area contributed by atoms with Crippen LogP contribution in [0.3, 0.4) is 0 Å². The molecule has 33 heavy (non-hydrogen) atoms. The van der Waals surface area contributed by atoms with E-state index in [1.54, 1.807) is 6.92 Å². The fraction of sp³-hybridized carbons (Fsp3) is 0.963. The highest BCUT2D eigenvalue weighted by Gasteiger charge is 2.67. The maximum atomic E-state index is 11.6. The fourth-order valence-electron chi connectivity index (χ4n) is 9.24. The quantitative estimate of drug-likeness (QED) is 0.409. The molecule has 13 atom stereocenters. The van der Waals surface area contributed by atoms with Crippen LogP contribution in [0.15, 0.2) is 0 Å². The van der Waals surface area contributed by atoms with E-state index in [9.17, 15) is 30.3 Å². The van der Waals surface area contributed by atoms with E-state index in [2.05, 4.69) is 20.8 Å². The molecule has 0 aromatic carbocycles. The standard InChI is InChI=1S/C27H46O6/c1-14(6-5-7-15(2)25(32)33)17-8-9-18-22-19(13-21(29)27(17,18)4)26(3)11-10-16(28)12-20(26)23(30)24(22)31/h14-24,28-31H,5-13H2,1-4H3,(H,32,33)/t14-,15?,16-,17-,18+,19+,20+,21+,22+,23+,24+,26-,27-/m1/s1. The third kappa shape index (κ3) is 3.97. The van der Waals surface area contributed by atoms with Crippen molar-refractivity contribution >= 4 is 5.97 Å². The van der Waals surface area contributed by atoms with E-state index >= 15 is 0 Å². The summed E-state index contributed by atoms with van der Waals surface area (Å²) < 4.78 is 0. The number of hydrogen-bond donors (Lipinski definition) is 5. The van der Waals surface area contributed by atoms with E-state index in [0.29, 0.717) is 31.1 Å². The van der Waals surface area contributed by atoms with Gasteiger partial charge in [0.1, 0.15) is 0 Å². The van der Waals surface area contributed by atoms with Crippen molar-refractivity contribution in [2.24, 2.45) is 52.3 Å². The molecule has 4 aliphatic rings. The fourth-order valence-corrected chi connectivity index (χ4v) is 9.24. The summed E-state index contributed by atoms with van der Waals surface area (Å²) in [5.74, 6) is -0.163. The summed E-state index contributed by atoms with van der Waals surface area (Å²) in [5, 5.41) is 53.6. The number of carboxylic acids is 1. The predicted octanol–water partition coefficient (Wildman–Crippen LogP) is 3.45. The first kappa shape index (κ1) is 25.4. The Morgan fingerprint density at radius 2 is 1.61 bits per heavy atom. The van der Waals surface area contributed by atoms with Crippen molar-refractivity contribution in [3.05, 3.63) is 0 Å². The molecule has 4 aliphatic carbocycles. The highest BCUT2D eigenvalue weighted by molar-refractivity contribution is 5.69.